The van der Waals surface area contributed by atoms with Gasteiger partial charge in [-0.05, 0) is 37.6 Å². The fraction of sp³-hybridized carbons (Fsp3) is 0.333. The fourth-order valence-electron chi connectivity index (χ4n) is 2.89. The van der Waals surface area contributed by atoms with Crippen LogP contribution in [0.15, 0.2) is 42.6 Å². The Morgan fingerprint density at radius 1 is 1.33 bits per heavy atom. The van der Waals surface area contributed by atoms with Crippen LogP contribution in [-0.2, 0) is 16.1 Å². The molecule has 0 saturated carbocycles. The van der Waals surface area contributed by atoms with E-state index in [0.29, 0.717) is 18.7 Å². The van der Waals surface area contributed by atoms with Crippen molar-refractivity contribution in [2.45, 2.75) is 26.0 Å². The van der Waals surface area contributed by atoms with Gasteiger partial charge in [-0.15, -0.1) is 0 Å². The minimum absolute atomic E-state index is 0.0474. The number of carbonyl (C=O) groups is 1. The third-order valence-electron chi connectivity index (χ3n) is 4.21. The Hall–Kier alpha value is -2.34. The summed E-state index contributed by atoms with van der Waals surface area (Å²) < 4.78 is 32.9. The average molecular weight is 332 g/mol. The molecular weight excluding hydrogens is 314 g/mol. The average Bonchev–Trinajstić information content (AvgIpc) is 3.00. The van der Waals surface area contributed by atoms with Crippen molar-refractivity contribution in [2.75, 3.05) is 11.5 Å². The molecule has 0 aliphatic carbocycles. The van der Waals surface area contributed by atoms with Crippen molar-refractivity contribution < 1.29 is 18.3 Å². The molecule has 0 N–H and O–H groups in total. The third kappa shape index (κ3) is 3.43. The Bertz CT molecular complexity index is 724. The molecule has 3 rings (SSSR count). The van der Waals surface area contributed by atoms with Crippen molar-refractivity contribution in [3.63, 3.8) is 0 Å². The van der Waals surface area contributed by atoms with E-state index in [1.54, 1.807) is 24.4 Å². The number of rotatable bonds is 4. The lowest BCUT2D eigenvalue weighted by Crippen LogP contribution is -2.39. The first-order chi connectivity index (χ1) is 11.6. The topological polar surface area (TPSA) is 42.4 Å². The molecule has 126 valence electrons. The van der Waals surface area contributed by atoms with E-state index < -0.39 is 11.6 Å². The maximum absolute atomic E-state index is 14.3. The molecule has 1 aliphatic heterocycles. The van der Waals surface area contributed by atoms with Gasteiger partial charge in [-0.1, -0.05) is 6.07 Å². The first kappa shape index (κ1) is 16.5. The van der Waals surface area contributed by atoms with Crippen LogP contribution >= 0.6 is 0 Å². The molecule has 6 heteroatoms. The highest BCUT2D eigenvalue weighted by atomic mass is 19.1. The summed E-state index contributed by atoms with van der Waals surface area (Å²) in [5, 5.41) is 0. The number of carbonyl (C=O) groups excluding carboxylic acids is 1. The molecule has 1 aromatic carbocycles. The van der Waals surface area contributed by atoms with E-state index in [9.17, 15) is 13.6 Å². The van der Waals surface area contributed by atoms with E-state index >= 15 is 0 Å². The van der Waals surface area contributed by atoms with Crippen molar-refractivity contribution in [2.24, 2.45) is 5.92 Å². The first-order valence-corrected chi connectivity index (χ1v) is 7.84. The lowest BCUT2D eigenvalue weighted by molar-refractivity contribution is -0.123. The number of hydrogen-bond donors (Lipinski definition) is 0. The smallest absolute Gasteiger partial charge is 0.233 e. The van der Waals surface area contributed by atoms with Gasteiger partial charge >= 0.3 is 0 Å². The van der Waals surface area contributed by atoms with Crippen molar-refractivity contribution >= 4 is 11.6 Å². The largest absolute Gasteiger partial charge is 0.378 e. The highest BCUT2D eigenvalue weighted by Crippen LogP contribution is 2.28. The second kappa shape index (κ2) is 7.05. The molecule has 2 aromatic rings. The minimum atomic E-state index is -0.772. The van der Waals surface area contributed by atoms with E-state index in [-0.39, 0.29) is 30.2 Å². The Balaban J connectivity index is 1.95. The Kier molecular flexibility index (Phi) is 4.85. The Morgan fingerprint density at radius 2 is 2.17 bits per heavy atom. The van der Waals surface area contributed by atoms with Crippen molar-refractivity contribution in [1.82, 2.24) is 4.98 Å². The van der Waals surface area contributed by atoms with Gasteiger partial charge in [-0.25, -0.2) is 8.78 Å². The molecule has 2 atom stereocenters. The molecular formula is C18H18F2N2O2. The summed E-state index contributed by atoms with van der Waals surface area (Å²) in [7, 11) is 0. The fourth-order valence-corrected chi connectivity index (χ4v) is 2.89. The first-order valence-electron chi connectivity index (χ1n) is 7.84. The second-order valence-electron chi connectivity index (χ2n) is 5.81. The van der Waals surface area contributed by atoms with Crippen LogP contribution in [0, 0.1) is 17.6 Å². The van der Waals surface area contributed by atoms with Crippen LogP contribution in [0.3, 0.4) is 0 Å². The van der Waals surface area contributed by atoms with Gasteiger partial charge in [-0.3, -0.25) is 9.78 Å². The van der Waals surface area contributed by atoms with Crippen molar-refractivity contribution in [1.29, 1.82) is 0 Å². The summed E-state index contributed by atoms with van der Waals surface area (Å²) in [6, 6.07) is 8.53. The number of halogens is 2. The summed E-state index contributed by atoms with van der Waals surface area (Å²) in [5.74, 6) is -2.04. The number of aromatic nitrogens is 1. The lowest BCUT2D eigenvalue weighted by Gasteiger charge is -2.27. The number of hydrogen-bond acceptors (Lipinski definition) is 3. The maximum atomic E-state index is 14.3. The van der Waals surface area contributed by atoms with Crippen LogP contribution < -0.4 is 4.90 Å². The molecule has 1 fully saturated rings. The Morgan fingerprint density at radius 3 is 2.79 bits per heavy atom. The highest BCUT2D eigenvalue weighted by Gasteiger charge is 2.35. The summed E-state index contributed by atoms with van der Waals surface area (Å²) in [6.07, 6.45) is 1.97. The van der Waals surface area contributed by atoms with Gasteiger partial charge in [0.15, 0.2) is 0 Å². The number of ether oxygens (including phenoxy) is 1. The molecule has 0 radical (unpaired) electrons. The van der Waals surface area contributed by atoms with Gasteiger partial charge in [0, 0.05) is 18.9 Å². The number of nitrogens with zero attached hydrogens (tertiary/aromatic N) is 2. The molecule has 0 spiro atoms. The SMILES string of the molecule is C[C@H]1OCC[C@H]1C(=O)N(Cc1ccccn1)c1ccc(F)cc1F. The number of benzene rings is 1. The summed E-state index contributed by atoms with van der Waals surface area (Å²) in [6.45, 7) is 2.45. The minimum Gasteiger partial charge on any atom is -0.378 e. The van der Waals surface area contributed by atoms with Gasteiger partial charge in [0.25, 0.3) is 0 Å². The van der Waals surface area contributed by atoms with Crippen LogP contribution in [0.4, 0.5) is 14.5 Å². The van der Waals surface area contributed by atoms with E-state index in [4.69, 9.17) is 4.74 Å². The van der Waals surface area contributed by atoms with Crippen molar-refractivity contribution in [3.8, 4) is 0 Å². The van der Waals surface area contributed by atoms with E-state index in [1.807, 2.05) is 6.92 Å². The zero-order chi connectivity index (χ0) is 17.1. The molecule has 1 aliphatic rings. The van der Waals surface area contributed by atoms with Gasteiger partial charge in [0.1, 0.15) is 11.6 Å². The molecule has 2 heterocycles. The van der Waals surface area contributed by atoms with Crippen LogP contribution in [0.25, 0.3) is 0 Å². The quantitative estimate of drug-likeness (QED) is 0.862. The number of pyridine rings is 1. The third-order valence-corrected chi connectivity index (χ3v) is 4.21. The van der Waals surface area contributed by atoms with Gasteiger partial charge in [-0.2, -0.15) is 0 Å². The zero-order valence-electron chi connectivity index (χ0n) is 13.3. The van der Waals surface area contributed by atoms with Crippen LogP contribution in [-0.4, -0.2) is 23.6 Å². The van der Waals surface area contributed by atoms with E-state index in [2.05, 4.69) is 4.98 Å². The molecule has 1 amide bonds. The number of anilines is 1. The zero-order valence-corrected chi connectivity index (χ0v) is 13.3. The molecule has 1 saturated heterocycles. The van der Waals surface area contributed by atoms with Gasteiger partial charge < -0.3 is 9.64 Å². The van der Waals surface area contributed by atoms with E-state index in [1.165, 1.54) is 11.0 Å². The lowest BCUT2D eigenvalue weighted by atomic mass is 10.0. The van der Waals surface area contributed by atoms with Crippen LogP contribution in [0.2, 0.25) is 0 Å². The number of amides is 1. The molecule has 0 bridgehead atoms. The highest BCUT2D eigenvalue weighted by molar-refractivity contribution is 5.95. The van der Waals surface area contributed by atoms with Gasteiger partial charge in [0.2, 0.25) is 5.91 Å². The van der Waals surface area contributed by atoms with Gasteiger partial charge in [0.05, 0.1) is 29.9 Å². The Labute approximate surface area is 139 Å². The molecule has 24 heavy (non-hydrogen) atoms. The van der Waals surface area contributed by atoms with E-state index in [0.717, 1.165) is 12.1 Å². The molecule has 1 aromatic heterocycles. The standard InChI is InChI=1S/C18H18F2N2O2/c1-12-15(7-9-24-12)18(23)22(11-14-4-2-3-8-21-14)17-6-5-13(19)10-16(17)20/h2-6,8,10,12,15H,7,9,11H2,1H3/t12-,15-/m1/s1. The summed E-state index contributed by atoms with van der Waals surface area (Å²) >= 11 is 0. The summed E-state index contributed by atoms with van der Waals surface area (Å²) in [5.41, 5.74) is 0.673. The van der Waals surface area contributed by atoms with Crippen molar-refractivity contribution in [3.05, 3.63) is 59.9 Å². The second-order valence-corrected chi connectivity index (χ2v) is 5.81. The van der Waals surface area contributed by atoms with Crippen LogP contribution in [0.5, 0.6) is 0 Å². The maximum Gasteiger partial charge on any atom is 0.233 e. The predicted octanol–water partition coefficient (Wildman–Crippen LogP) is 3.32. The summed E-state index contributed by atoms with van der Waals surface area (Å²) in [4.78, 5) is 18.5. The van der Waals surface area contributed by atoms with Crippen LogP contribution in [0.1, 0.15) is 19.0 Å². The molecule has 0 unspecified atom stereocenters. The monoisotopic (exact) mass is 332 g/mol. The predicted molar refractivity (Wildman–Crippen MR) is 85.3 cm³/mol. The molecule has 4 nitrogen and oxygen atoms in total. The normalized spacial score (nSPS) is 20.1.